The number of amides is 2. The van der Waals surface area contributed by atoms with Crippen molar-refractivity contribution in [2.24, 2.45) is 0 Å². The highest BCUT2D eigenvalue weighted by molar-refractivity contribution is 7.16. The number of nitriles is 1. The van der Waals surface area contributed by atoms with Crippen molar-refractivity contribution < 1.29 is 9.59 Å². The number of nitrogens with zero attached hydrogens (tertiary/aromatic N) is 3. The fourth-order valence-electron chi connectivity index (χ4n) is 3.54. The van der Waals surface area contributed by atoms with E-state index in [4.69, 9.17) is 11.6 Å². The van der Waals surface area contributed by atoms with Crippen molar-refractivity contribution in [3.8, 4) is 6.07 Å². The van der Waals surface area contributed by atoms with Gasteiger partial charge >= 0.3 is 0 Å². The van der Waals surface area contributed by atoms with Crippen molar-refractivity contribution in [2.75, 3.05) is 11.9 Å². The molecule has 4 rings (SSSR count). The van der Waals surface area contributed by atoms with Gasteiger partial charge in [0.15, 0.2) is 0 Å². The van der Waals surface area contributed by atoms with Gasteiger partial charge in [-0.25, -0.2) is 0 Å². The zero-order chi connectivity index (χ0) is 22.5. The predicted octanol–water partition coefficient (Wildman–Crippen LogP) is 4.45. The first kappa shape index (κ1) is 21.8. The van der Waals surface area contributed by atoms with Gasteiger partial charge in [-0.15, -0.1) is 11.3 Å². The topological polar surface area (TPSA) is 86.1 Å². The Morgan fingerprint density at radius 3 is 2.88 bits per heavy atom. The molecule has 8 heteroatoms. The molecule has 0 aliphatic carbocycles. The lowest BCUT2D eigenvalue weighted by molar-refractivity contribution is -0.131. The second-order valence-electron chi connectivity index (χ2n) is 7.27. The standard InChI is InChI=1S/C24H19ClN4O2S/c25-20-6-2-1-5-17(20)7-8-22(30)28-24-19(13-26)18-9-11-29(15-21(18)32-24)23(31)12-16-4-3-10-27-14-16/h1-8,10,14H,9,11-12,15H2,(H,28,30). The van der Waals surface area contributed by atoms with Crippen molar-refractivity contribution in [3.63, 3.8) is 0 Å². The molecule has 0 fully saturated rings. The van der Waals surface area contributed by atoms with Crippen molar-refractivity contribution in [3.05, 3.63) is 87.0 Å². The Bertz CT molecular complexity index is 1230. The molecule has 6 nitrogen and oxygen atoms in total. The van der Waals surface area contributed by atoms with Crippen molar-refractivity contribution in [1.29, 1.82) is 5.26 Å². The molecule has 2 amide bonds. The third kappa shape index (κ3) is 4.88. The van der Waals surface area contributed by atoms with Gasteiger partial charge in [-0.2, -0.15) is 5.26 Å². The smallest absolute Gasteiger partial charge is 0.249 e. The highest BCUT2D eigenvalue weighted by Crippen LogP contribution is 2.36. The van der Waals surface area contributed by atoms with Gasteiger partial charge in [-0.1, -0.05) is 35.9 Å². The van der Waals surface area contributed by atoms with Gasteiger partial charge in [0.1, 0.15) is 11.1 Å². The molecule has 160 valence electrons. The summed E-state index contributed by atoms with van der Waals surface area (Å²) in [6, 6.07) is 13.1. The molecule has 0 saturated carbocycles. The first-order valence-corrected chi connectivity index (χ1v) is 11.2. The summed E-state index contributed by atoms with van der Waals surface area (Å²) in [6.45, 7) is 0.969. The molecular formula is C24H19ClN4O2S. The molecule has 0 spiro atoms. The Morgan fingerprint density at radius 1 is 1.28 bits per heavy atom. The van der Waals surface area contributed by atoms with Crippen LogP contribution < -0.4 is 5.32 Å². The van der Waals surface area contributed by atoms with E-state index in [0.717, 1.165) is 21.6 Å². The Labute approximate surface area is 194 Å². The first-order chi connectivity index (χ1) is 15.5. The number of rotatable bonds is 5. The minimum absolute atomic E-state index is 0.0174. The summed E-state index contributed by atoms with van der Waals surface area (Å²) >= 11 is 7.46. The molecule has 0 bridgehead atoms. The van der Waals surface area contributed by atoms with Gasteiger partial charge in [-0.05, 0) is 41.3 Å². The maximum Gasteiger partial charge on any atom is 0.249 e. The quantitative estimate of drug-likeness (QED) is 0.567. The third-order valence-electron chi connectivity index (χ3n) is 5.16. The summed E-state index contributed by atoms with van der Waals surface area (Å²) in [7, 11) is 0. The van der Waals surface area contributed by atoms with E-state index in [1.807, 2.05) is 30.3 Å². The molecule has 3 aromatic rings. The molecule has 3 heterocycles. The number of hydrogen-bond acceptors (Lipinski definition) is 5. The average molecular weight is 463 g/mol. The Morgan fingerprint density at radius 2 is 2.12 bits per heavy atom. The van der Waals surface area contributed by atoms with E-state index in [9.17, 15) is 14.9 Å². The molecule has 1 N–H and O–H groups in total. The summed E-state index contributed by atoms with van der Waals surface area (Å²) in [4.78, 5) is 31.9. The number of carbonyl (C=O) groups excluding carboxylic acids is 2. The lowest BCUT2D eigenvalue weighted by atomic mass is 10.0. The number of hydrogen-bond donors (Lipinski definition) is 1. The van der Waals surface area contributed by atoms with Crippen LogP contribution >= 0.6 is 22.9 Å². The van der Waals surface area contributed by atoms with Crippen LogP contribution in [0.2, 0.25) is 5.02 Å². The van der Waals surface area contributed by atoms with Crippen LogP contribution in [0.3, 0.4) is 0 Å². The van der Waals surface area contributed by atoms with Crippen molar-refractivity contribution in [1.82, 2.24) is 9.88 Å². The van der Waals surface area contributed by atoms with Crippen LogP contribution in [0.15, 0.2) is 54.9 Å². The Hall–Kier alpha value is -3.47. The van der Waals surface area contributed by atoms with E-state index in [0.29, 0.717) is 35.1 Å². The van der Waals surface area contributed by atoms with Crippen molar-refractivity contribution in [2.45, 2.75) is 19.4 Å². The molecule has 1 aliphatic rings. The van der Waals surface area contributed by atoms with Gasteiger partial charge in [-0.3, -0.25) is 14.6 Å². The van der Waals surface area contributed by atoms with Crippen molar-refractivity contribution >= 4 is 45.8 Å². The number of fused-ring (bicyclic) bond motifs is 1. The predicted molar refractivity (Wildman–Crippen MR) is 125 cm³/mol. The van der Waals surface area contributed by atoms with Gasteiger partial charge in [0.25, 0.3) is 0 Å². The largest absolute Gasteiger partial charge is 0.337 e. The SMILES string of the molecule is N#Cc1c(NC(=O)C=Cc2ccccc2Cl)sc2c1CCN(C(=O)Cc1cccnc1)C2. The molecule has 2 aromatic heterocycles. The minimum atomic E-state index is -0.343. The average Bonchev–Trinajstić information content (AvgIpc) is 3.15. The van der Waals surface area contributed by atoms with Crippen LogP contribution in [-0.2, 0) is 29.0 Å². The van der Waals surface area contributed by atoms with Crippen LogP contribution in [0.4, 0.5) is 5.00 Å². The maximum absolute atomic E-state index is 12.7. The zero-order valence-electron chi connectivity index (χ0n) is 17.0. The number of thiophene rings is 1. The van der Waals surface area contributed by atoms with Gasteiger partial charge in [0, 0.05) is 34.9 Å². The number of carbonyl (C=O) groups is 2. The summed E-state index contributed by atoms with van der Waals surface area (Å²) in [5.74, 6) is -0.326. The van der Waals surface area contributed by atoms with Gasteiger partial charge < -0.3 is 10.2 Å². The monoisotopic (exact) mass is 462 g/mol. The number of pyridine rings is 1. The summed E-state index contributed by atoms with van der Waals surface area (Å²) in [5.41, 5.74) is 2.99. The molecule has 0 atom stereocenters. The van der Waals surface area contributed by atoms with Crippen LogP contribution in [0, 0.1) is 11.3 Å². The van der Waals surface area contributed by atoms with Crippen LogP contribution in [0.1, 0.15) is 27.1 Å². The number of aromatic nitrogens is 1. The lowest BCUT2D eigenvalue weighted by Crippen LogP contribution is -2.36. The first-order valence-electron chi connectivity index (χ1n) is 10.00. The molecular weight excluding hydrogens is 444 g/mol. The summed E-state index contributed by atoms with van der Waals surface area (Å²) < 4.78 is 0. The summed E-state index contributed by atoms with van der Waals surface area (Å²) in [5, 5.41) is 13.5. The van der Waals surface area contributed by atoms with Gasteiger partial charge in [0.2, 0.25) is 11.8 Å². The van der Waals surface area contributed by atoms with Crippen LogP contribution in [0.5, 0.6) is 0 Å². The fraction of sp³-hybridized carbons (Fsp3) is 0.167. The van der Waals surface area contributed by atoms with E-state index in [-0.39, 0.29) is 18.2 Å². The molecule has 1 aromatic carbocycles. The maximum atomic E-state index is 12.7. The molecule has 1 aliphatic heterocycles. The minimum Gasteiger partial charge on any atom is -0.337 e. The van der Waals surface area contributed by atoms with E-state index >= 15 is 0 Å². The van der Waals surface area contributed by atoms with E-state index in [1.54, 1.807) is 29.4 Å². The van der Waals surface area contributed by atoms with Crippen LogP contribution in [-0.4, -0.2) is 28.2 Å². The summed E-state index contributed by atoms with van der Waals surface area (Å²) in [6.07, 6.45) is 7.27. The highest BCUT2D eigenvalue weighted by Gasteiger charge is 2.27. The second-order valence-corrected chi connectivity index (χ2v) is 8.78. The van der Waals surface area contributed by atoms with Crippen LogP contribution in [0.25, 0.3) is 6.08 Å². The van der Waals surface area contributed by atoms with E-state index in [1.165, 1.54) is 17.4 Å². The highest BCUT2D eigenvalue weighted by atomic mass is 35.5. The Kier molecular flexibility index (Phi) is 6.64. The normalized spacial score (nSPS) is 12.9. The fourth-order valence-corrected chi connectivity index (χ4v) is 4.96. The number of benzene rings is 1. The zero-order valence-corrected chi connectivity index (χ0v) is 18.6. The Balaban J connectivity index is 1.46. The second kappa shape index (κ2) is 9.77. The van der Waals surface area contributed by atoms with E-state index < -0.39 is 0 Å². The molecule has 0 saturated heterocycles. The number of nitrogens with one attached hydrogen (secondary N) is 1. The molecule has 32 heavy (non-hydrogen) atoms. The molecule has 0 radical (unpaired) electrons. The van der Waals surface area contributed by atoms with Gasteiger partial charge in [0.05, 0.1) is 18.5 Å². The number of halogens is 1. The number of anilines is 1. The lowest BCUT2D eigenvalue weighted by Gasteiger charge is -2.27. The molecule has 0 unspecified atom stereocenters. The van der Waals surface area contributed by atoms with E-state index in [2.05, 4.69) is 16.4 Å². The third-order valence-corrected chi connectivity index (χ3v) is 6.63.